The maximum absolute atomic E-state index is 12.4. The molecule has 2 aromatic carbocycles. The number of anilines is 2. The van der Waals surface area contributed by atoms with E-state index in [0.717, 1.165) is 5.56 Å². The Balaban J connectivity index is 1.68. The van der Waals surface area contributed by atoms with Crippen molar-refractivity contribution in [2.75, 3.05) is 35.1 Å². The van der Waals surface area contributed by atoms with Gasteiger partial charge in [0.2, 0.25) is 15.9 Å². The van der Waals surface area contributed by atoms with Gasteiger partial charge in [0.05, 0.1) is 30.3 Å². The third kappa shape index (κ3) is 5.33. The van der Waals surface area contributed by atoms with E-state index >= 15 is 0 Å². The number of nitrogens with zero attached hydrogens (tertiary/aromatic N) is 1. The van der Waals surface area contributed by atoms with Gasteiger partial charge in [0.25, 0.3) is 0 Å². The van der Waals surface area contributed by atoms with Crippen LogP contribution in [0.1, 0.15) is 25.8 Å². The zero-order valence-electron chi connectivity index (χ0n) is 17.1. The lowest BCUT2D eigenvalue weighted by Gasteiger charge is -2.16. The summed E-state index contributed by atoms with van der Waals surface area (Å²) in [7, 11) is -3.20. The first kappa shape index (κ1) is 21.7. The quantitative estimate of drug-likeness (QED) is 0.646. The number of hydrogen-bond donors (Lipinski definition) is 1. The van der Waals surface area contributed by atoms with Crippen LogP contribution < -0.4 is 19.1 Å². The summed E-state index contributed by atoms with van der Waals surface area (Å²) in [4.78, 5) is 12.4. The molecule has 0 unspecified atom stereocenters. The molecule has 0 bridgehead atoms. The Labute approximate surface area is 177 Å². The van der Waals surface area contributed by atoms with Crippen molar-refractivity contribution in [2.24, 2.45) is 0 Å². The second-order valence-corrected chi connectivity index (χ2v) is 8.69. The minimum absolute atomic E-state index is 0.184. The van der Waals surface area contributed by atoms with Crippen LogP contribution in [0.3, 0.4) is 0 Å². The van der Waals surface area contributed by atoms with Crippen molar-refractivity contribution in [3.05, 3.63) is 54.1 Å². The smallest absolute Gasteiger partial charge is 0.248 e. The van der Waals surface area contributed by atoms with Crippen LogP contribution in [0.4, 0.5) is 11.4 Å². The van der Waals surface area contributed by atoms with Gasteiger partial charge >= 0.3 is 0 Å². The van der Waals surface area contributed by atoms with Crippen molar-refractivity contribution in [2.45, 2.75) is 20.3 Å². The van der Waals surface area contributed by atoms with Crippen molar-refractivity contribution < 1.29 is 22.7 Å². The van der Waals surface area contributed by atoms with E-state index in [9.17, 15) is 13.2 Å². The highest BCUT2D eigenvalue weighted by molar-refractivity contribution is 7.93. The highest BCUT2D eigenvalue weighted by atomic mass is 32.2. The molecule has 160 valence electrons. The lowest BCUT2D eigenvalue weighted by atomic mass is 10.2. The first-order valence-corrected chi connectivity index (χ1v) is 11.5. The monoisotopic (exact) mass is 430 g/mol. The van der Waals surface area contributed by atoms with E-state index in [-0.39, 0.29) is 11.7 Å². The Morgan fingerprint density at radius 3 is 2.47 bits per heavy atom. The summed E-state index contributed by atoms with van der Waals surface area (Å²) in [5.74, 6) is 1.09. The maximum Gasteiger partial charge on any atom is 0.248 e. The van der Waals surface area contributed by atoms with Crippen LogP contribution in [-0.4, -0.2) is 39.8 Å². The predicted molar refractivity (Wildman–Crippen MR) is 119 cm³/mol. The number of amides is 1. The van der Waals surface area contributed by atoms with Crippen molar-refractivity contribution in [1.29, 1.82) is 0 Å². The third-order valence-electron chi connectivity index (χ3n) is 4.53. The van der Waals surface area contributed by atoms with E-state index in [0.29, 0.717) is 49.1 Å². The Kier molecular flexibility index (Phi) is 6.99. The summed E-state index contributed by atoms with van der Waals surface area (Å²) < 4.78 is 36.5. The van der Waals surface area contributed by atoms with E-state index in [4.69, 9.17) is 9.47 Å². The molecule has 2 aromatic rings. The van der Waals surface area contributed by atoms with Crippen LogP contribution in [-0.2, 0) is 14.8 Å². The standard InChI is InChI=1S/C22H26N2O5S/c1-3-28-19-11-12-21(29-4-2)20(16-19)23-22(25)13-8-17-6-9-18(10-7-17)24-14-5-15-30(24,26)27/h6-13,16H,3-5,14-15H2,1-2H3,(H,23,25)/b13-8+. The number of sulfonamides is 1. The fraction of sp³-hybridized carbons (Fsp3) is 0.318. The molecular weight excluding hydrogens is 404 g/mol. The van der Waals surface area contributed by atoms with Gasteiger partial charge in [-0.3, -0.25) is 9.10 Å². The lowest BCUT2D eigenvalue weighted by Crippen LogP contribution is -2.24. The molecular formula is C22H26N2O5S. The summed E-state index contributed by atoms with van der Waals surface area (Å²) >= 11 is 0. The molecule has 1 heterocycles. The molecule has 0 atom stereocenters. The molecule has 0 spiro atoms. The average Bonchev–Trinajstić information content (AvgIpc) is 3.08. The number of rotatable bonds is 8. The molecule has 8 heteroatoms. The average molecular weight is 431 g/mol. The maximum atomic E-state index is 12.4. The predicted octanol–water partition coefficient (Wildman–Crippen LogP) is 3.68. The van der Waals surface area contributed by atoms with Gasteiger partial charge in [-0.2, -0.15) is 0 Å². The lowest BCUT2D eigenvalue weighted by molar-refractivity contribution is -0.111. The summed E-state index contributed by atoms with van der Waals surface area (Å²) in [5, 5.41) is 2.81. The normalized spacial score (nSPS) is 15.3. The molecule has 3 rings (SSSR count). The Bertz CT molecular complexity index is 1020. The van der Waals surface area contributed by atoms with Gasteiger partial charge in [0, 0.05) is 18.7 Å². The van der Waals surface area contributed by atoms with E-state index in [2.05, 4.69) is 5.32 Å². The summed E-state index contributed by atoms with van der Waals surface area (Å²) in [6.07, 6.45) is 3.73. The van der Waals surface area contributed by atoms with Crippen LogP contribution in [0.25, 0.3) is 6.08 Å². The zero-order valence-corrected chi connectivity index (χ0v) is 17.9. The molecule has 0 saturated carbocycles. The largest absolute Gasteiger partial charge is 0.494 e. The first-order chi connectivity index (χ1) is 14.4. The number of benzene rings is 2. The van der Waals surface area contributed by atoms with Crippen LogP contribution in [0.5, 0.6) is 11.5 Å². The van der Waals surface area contributed by atoms with Crippen LogP contribution in [0, 0.1) is 0 Å². The summed E-state index contributed by atoms with van der Waals surface area (Å²) in [6.45, 7) is 5.27. The number of nitrogens with one attached hydrogen (secondary N) is 1. The van der Waals surface area contributed by atoms with E-state index in [1.807, 2.05) is 13.8 Å². The van der Waals surface area contributed by atoms with E-state index in [1.54, 1.807) is 48.5 Å². The molecule has 1 amide bonds. The number of carbonyl (C=O) groups excluding carboxylic acids is 1. The van der Waals surface area contributed by atoms with Crippen molar-refractivity contribution in [3.63, 3.8) is 0 Å². The number of hydrogen-bond acceptors (Lipinski definition) is 5. The van der Waals surface area contributed by atoms with Gasteiger partial charge in [-0.25, -0.2) is 8.42 Å². The van der Waals surface area contributed by atoms with Gasteiger partial charge in [-0.1, -0.05) is 12.1 Å². The fourth-order valence-corrected chi connectivity index (χ4v) is 4.74. The van der Waals surface area contributed by atoms with Crippen LogP contribution >= 0.6 is 0 Å². The van der Waals surface area contributed by atoms with Crippen molar-refractivity contribution in [3.8, 4) is 11.5 Å². The Hall–Kier alpha value is -3.00. The molecule has 1 aliphatic rings. The fourth-order valence-electron chi connectivity index (χ4n) is 3.17. The van der Waals surface area contributed by atoms with Gasteiger partial charge in [-0.05, 0) is 56.2 Å². The Morgan fingerprint density at radius 2 is 1.83 bits per heavy atom. The second-order valence-electron chi connectivity index (χ2n) is 6.68. The third-order valence-corrected chi connectivity index (χ3v) is 6.40. The molecule has 7 nitrogen and oxygen atoms in total. The topological polar surface area (TPSA) is 84.9 Å². The molecule has 1 aliphatic heterocycles. The molecule has 0 aromatic heterocycles. The van der Waals surface area contributed by atoms with Gasteiger partial charge in [0.1, 0.15) is 11.5 Å². The van der Waals surface area contributed by atoms with Crippen molar-refractivity contribution >= 4 is 33.4 Å². The number of ether oxygens (including phenoxy) is 2. The van der Waals surface area contributed by atoms with Gasteiger partial charge in [0.15, 0.2) is 0 Å². The molecule has 1 fully saturated rings. The molecule has 30 heavy (non-hydrogen) atoms. The highest BCUT2D eigenvalue weighted by Crippen LogP contribution is 2.29. The molecule has 1 saturated heterocycles. The van der Waals surface area contributed by atoms with Gasteiger partial charge < -0.3 is 14.8 Å². The SMILES string of the molecule is CCOc1ccc(OCC)c(NC(=O)/C=C/c2ccc(N3CCCS3(=O)=O)cc2)c1. The first-order valence-electron chi connectivity index (χ1n) is 9.92. The second kappa shape index (κ2) is 9.67. The highest BCUT2D eigenvalue weighted by Gasteiger charge is 2.28. The summed E-state index contributed by atoms with van der Waals surface area (Å²) in [6, 6.07) is 12.4. The molecule has 1 N–H and O–H groups in total. The number of carbonyl (C=O) groups is 1. The van der Waals surface area contributed by atoms with Crippen LogP contribution in [0.15, 0.2) is 48.5 Å². The van der Waals surface area contributed by atoms with Crippen LogP contribution in [0.2, 0.25) is 0 Å². The van der Waals surface area contributed by atoms with Gasteiger partial charge in [-0.15, -0.1) is 0 Å². The minimum atomic E-state index is -3.20. The van der Waals surface area contributed by atoms with E-state index in [1.165, 1.54) is 10.4 Å². The Morgan fingerprint density at radius 1 is 1.10 bits per heavy atom. The molecule has 0 radical (unpaired) electrons. The zero-order chi connectivity index (χ0) is 21.6. The van der Waals surface area contributed by atoms with E-state index < -0.39 is 10.0 Å². The molecule has 0 aliphatic carbocycles. The summed E-state index contributed by atoms with van der Waals surface area (Å²) in [5.41, 5.74) is 1.97. The minimum Gasteiger partial charge on any atom is -0.494 e. The van der Waals surface area contributed by atoms with Crippen molar-refractivity contribution in [1.82, 2.24) is 0 Å².